The third kappa shape index (κ3) is 5.94. The Morgan fingerprint density at radius 2 is 2.11 bits per heavy atom. The summed E-state index contributed by atoms with van der Waals surface area (Å²) < 4.78 is 18.7. The van der Waals surface area contributed by atoms with Crippen LogP contribution in [-0.4, -0.2) is 43.0 Å². The number of ether oxygens (including phenoxy) is 1. The molecule has 1 aliphatic rings. The van der Waals surface area contributed by atoms with Crippen LogP contribution >= 0.6 is 0 Å². The van der Waals surface area contributed by atoms with Gasteiger partial charge in [0, 0.05) is 25.6 Å². The molecule has 0 saturated carbocycles. The van der Waals surface area contributed by atoms with E-state index in [1.165, 1.54) is 13.2 Å². The number of carbonyl (C=O) groups excluding carboxylic acids is 2. The van der Waals surface area contributed by atoms with E-state index in [4.69, 9.17) is 4.74 Å². The molecule has 2 amide bonds. The Morgan fingerprint density at radius 1 is 1.33 bits per heavy atom. The fraction of sp³-hybridized carbons (Fsp3) is 0.619. The quantitative estimate of drug-likeness (QED) is 0.706. The first-order chi connectivity index (χ1) is 13.0. The lowest BCUT2D eigenvalue weighted by molar-refractivity contribution is -0.138. The van der Waals surface area contributed by atoms with Crippen LogP contribution in [0.4, 0.5) is 4.39 Å². The Morgan fingerprint density at radius 3 is 2.78 bits per heavy atom. The van der Waals surface area contributed by atoms with Gasteiger partial charge in [-0.05, 0) is 50.3 Å². The molecule has 0 spiro atoms. The van der Waals surface area contributed by atoms with E-state index in [1.807, 2.05) is 11.8 Å². The molecule has 27 heavy (non-hydrogen) atoms. The highest BCUT2D eigenvalue weighted by Crippen LogP contribution is 2.24. The Labute approximate surface area is 161 Å². The largest absolute Gasteiger partial charge is 0.494 e. The first-order valence-corrected chi connectivity index (χ1v) is 9.85. The van der Waals surface area contributed by atoms with E-state index >= 15 is 0 Å². The zero-order chi connectivity index (χ0) is 19.8. The number of aryl methyl sites for hydroxylation is 1. The normalized spacial score (nSPS) is 19.6. The van der Waals surface area contributed by atoms with Crippen LogP contribution in [0.2, 0.25) is 0 Å². The summed E-state index contributed by atoms with van der Waals surface area (Å²) in [6.45, 7) is 5.27. The fourth-order valence-electron chi connectivity index (χ4n) is 3.46. The van der Waals surface area contributed by atoms with Crippen LogP contribution in [0.3, 0.4) is 0 Å². The molecule has 0 radical (unpaired) electrons. The molecule has 1 heterocycles. The van der Waals surface area contributed by atoms with Gasteiger partial charge in [0.1, 0.15) is 0 Å². The summed E-state index contributed by atoms with van der Waals surface area (Å²) >= 11 is 0. The van der Waals surface area contributed by atoms with E-state index in [0.717, 1.165) is 31.2 Å². The van der Waals surface area contributed by atoms with E-state index in [0.29, 0.717) is 25.9 Å². The summed E-state index contributed by atoms with van der Waals surface area (Å²) in [5.41, 5.74) is 0.764. The maximum absolute atomic E-state index is 13.8. The monoisotopic (exact) mass is 378 g/mol. The van der Waals surface area contributed by atoms with Gasteiger partial charge < -0.3 is 15.0 Å². The molecule has 6 heteroatoms. The van der Waals surface area contributed by atoms with Crippen molar-refractivity contribution >= 4 is 11.8 Å². The van der Waals surface area contributed by atoms with Crippen LogP contribution in [0, 0.1) is 11.7 Å². The number of nitrogens with zero attached hydrogens (tertiary/aromatic N) is 1. The number of carbonyl (C=O) groups is 2. The van der Waals surface area contributed by atoms with Crippen molar-refractivity contribution < 1.29 is 18.7 Å². The van der Waals surface area contributed by atoms with E-state index in [1.54, 1.807) is 12.1 Å². The van der Waals surface area contributed by atoms with Crippen molar-refractivity contribution in [3.8, 4) is 5.75 Å². The predicted molar refractivity (Wildman–Crippen MR) is 103 cm³/mol. The number of hydrogen-bond acceptors (Lipinski definition) is 3. The van der Waals surface area contributed by atoms with E-state index < -0.39 is 5.82 Å². The minimum atomic E-state index is -0.419. The van der Waals surface area contributed by atoms with Gasteiger partial charge in [0.15, 0.2) is 11.6 Å². The van der Waals surface area contributed by atoms with Gasteiger partial charge >= 0.3 is 0 Å². The van der Waals surface area contributed by atoms with Gasteiger partial charge in [-0.3, -0.25) is 9.59 Å². The molecule has 150 valence electrons. The van der Waals surface area contributed by atoms with Crippen molar-refractivity contribution in [1.29, 1.82) is 0 Å². The highest BCUT2D eigenvalue weighted by Gasteiger charge is 2.32. The second-order valence-electron chi connectivity index (χ2n) is 7.28. The highest BCUT2D eigenvalue weighted by atomic mass is 19.1. The summed E-state index contributed by atoms with van der Waals surface area (Å²) in [6.07, 6.45) is 4.42. The van der Waals surface area contributed by atoms with Crippen molar-refractivity contribution in [2.24, 2.45) is 5.92 Å². The van der Waals surface area contributed by atoms with Crippen LogP contribution in [0.25, 0.3) is 0 Å². The van der Waals surface area contributed by atoms with Gasteiger partial charge in [-0.1, -0.05) is 19.4 Å². The number of hydrogen-bond donors (Lipinski definition) is 1. The van der Waals surface area contributed by atoms with Crippen LogP contribution < -0.4 is 10.1 Å². The molecule has 0 aromatic heterocycles. The van der Waals surface area contributed by atoms with E-state index in [9.17, 15) is 14.0 Å². The lowest BCUT2D eigenvalue weighted by Gasteiger charge is -2.37. The summed E-state index contributed by atoms with van der Waals surface area (Å²) in [5.74, 6) is -0.292. The number of rotatable bonds is 8. The SMILES string of the molecule is CCCCNC(=O)C1CCC(C)N(C(=O)CCc2ccc(OC)c(F)c2)C1. The maximum Gasteiger partial charge on any atom is 0.224 e. The molecule has 1 N–H and O–H groups in total. The van der Waals surface area contributed by atoms with Gasteiger partial charge in [-0.25, -0.2) is 4.39 Å². The van der Waals surface area contributed by atoms with Gasteiger partial charge in [0.2, 0.25) is 11.8 Å². The lowest BCUT2D eigenvalue weighted by atomic mass is 9.92. The Balaban J connectivity index is 1.89. The minimum Gasteiger partial charge on any atom is -0.494 e. The maximum atomic E-state index is 13.8. The van der Waals surface area contributed by atoms with Crippen LogP contribution in [0.5, 0.6) is 5.75 Å². The third-order valence-electron chi connectivity index (χ3n) is 5.25. The van der Waals surface area contributed by atoms with E-state index in [2.05, 4.69) is 12.2 Å². The first kappa shape index (κ1) is 21.2. The van der Waals surface area contributed by atoms with Crippen molar-refractivity contribution in [1.82, 2.24) is 10.2 Å². The molecule has 2 unspecified atom stereocenters. The summed E-state index contributed by atoms with van der Waals surface area (Å²) in [4.78, 5) is 26.8. The number of piperidine rings is 1. The number of unbranched alkanes of at least 4 members (excludes halogenated alkanes) is 1. The summed E-state index contributed by atoms with van der Waals surface area (Å²) in [7, 11) is 1.42. The Bertz CT molecular complexity index is 650. The highest BCUT2D eigenvalue weighted by molar-refractivity contribution is 5.81. The summed E-state index contributed by atoms with van der Waals surface area (Å²) in [6, 6.07) is 4.90. The predicted octanol–water partition coefficient (Wildman–Crippen LogP) is 3.31. The minimum absolute atomic E-state index is 0.0183. The second kappa shape index (κ2) is 10.3. The van der Waals surface area contributed by atoms with Crippen molar-refractivity contribution in [3.05, 3.63) is 29.6 Å². The fourth-order valence-corrected chi connectivity index (χ4v) is 3.46. The standard InChI is InChI=1S/C21H31FN2O3/c1-4-5-12-23-21(26)17-9-6-15(2)24(14-17)20(25)11-8-16-7-10-19(27-3)18(22)13-16/h7,10,13,15,17H,4-6,8-9,11-12,14H2,1-3H3,(H,23,26). The number of amides is 2. The average Bonchev–Trinajstić information content (AvgIpc) is 2.66. The van der Waals surface area contributed by atoms with Crippen LogP contribution in [0.1, 0.15) is 51.5 Å². The molecule has 5 nitrogen and oxygen atoms in total. The zero-order valence-electron chi connectivity index (χ0n) is 16.6. The van der Waals surface area contributed by atoms with Crippen molar-refractivity contribution in [2.45, 2.75) is 58.4 Å². The average molecular weight is 378 g/mol. The lowest BCUT2D eigenvalue weighted by Crippen LogP contribution is -2.49. The molecule has 1 aliphatic heterocycles. The number of methoxy groups -OCH3 is 1. The molecule has 1 aromatic carbocycles. The number of benzene rings is 1. The molecule has 1 aromatic rings. The van der Waals surface area contributed by atoms with Crippen molar-refractivity contribution in [2.75, 3.05) is 20.2 Å². The molecule has 2 atom stereocenters. The summed E-state index contributed by atoms with van der Waals surface area (Å²) in [5, 5.41) is 2.97. The van der Waals surface area contributed by atoms with Crippen molar-refractivity contribution in [3.63, 3.8) is 0 Å². The number of likely N-dealkylation sites (tertiary alicyclic amines) is 1. The zero-order valence-corrected chi connectivity index (χ0v) is 16.6. The molecular weight excluding hydrogens is 347 g/mol. The molecular formula is C21H31FN2O3. The van der Waals surface area contributed by atoms with Gasteiger partial charge in [0.05, 0.1) is 13.0 Å². The van der Waals surface area contributed by atoms with Crippen LogP contribution in [0.15, 0.2) is 18.2 Å². The Hall–Kier alpha value is -2.11. The first-order valence-electron chi connectivity index (χ1n) is 9.85. The topological polar surface area (TPSA) is 58.6 Å². The van der Waals surface area contributed by atoms with E-state index in [-0.39, 0.29) is 29.5 Å². The van der Waals surface area contributed by atoms with Gasteiger partial charge in [-0.2, -0.15) is 0 Å². The van der Waals surface area contributed by atoms with Gasteiger partial charge in [0.25, 0.3) is 0 Å². The van der Waals surface area contributed by atoms with Crippen LogP contribution in [-0.2, 0) is 16.0 Å². The van der Waals surface area contributed by atoms with Gasteiger partial charge in [-0.15, -0.1) is 0 Å². The Kier molecular flexibility index (Phi) is 8.07. The molecule has 2 rings (SSSR count). The molecule has 0 aliphatic carbocycles. The second-order valence-corrected chi connectivity index (χ2v) is 7.28. The third-order valence-corrected chi connectivity index (χ3v) is 5.25. The smallest absolute Gasteiger partial charge is 0.224 e. The number of halogens is 1. The molecule has 0 bridgehead atoms. The molecule has 1 fully saturated rings. The molecule has 1 saturated heterocycles. The number of nitrogens with one attached hydrogen (secondary N) is 1.